The summed E-state index contributed by atoms with van der Waals surface area (Å²) in [5.41, 5.74) is 1.41. The lowest BCUT2D eigenvalue weighted by atomic mass is 10.2. The first-order chi connectivity index (χ1) is 11.2. The summed E-state index contributed by atoms with van der Waals surface area (Å²) < 4.78 is 0.687. The topological polar surface area (TPSA) is 75.1 Å². The lowest BCUT2D eigenvalue weighted by Crippen LogP contribution is -2.13. The predicted octanol–water partition coefficient (Wildman–Crippen LogP) is 3.64. The molecule has 0 unspecified atom stereocenters. The lowest BCUT2D eigenvalue weighted by Gasteiger charge is -2.03. The Hall–Kier alpha value is -2.38. The van der Waals surface area contributed by atoms with E-state index in [1.807, 2.05) is 36.4 Å². The fourth-order valence-corrected chi connectivity index (χ4v) is 3.56. The molecule has 1 aromatic heterocycles. The van der Waals surface area contributed by atoms with Gasteiger partial charge in [0.1, 0.15) is 5.75 Å². The average Bonchev–Trinajstić information content (AvgIpc) is 3.03. The number of phenols is 1. The Labute approximate surface area is 141 Å². The van der Waals surface area contributed by atoms with E-state index in [1.54, 1.807) is 18.2 Å². The molecule has 0 aliphatic carbocycles. The van der Waals surface area contributed by atoms with Crippen LogP contribution in [0.5, 0.6) is 5.75 Å². The van der Waals surface area contributed by atoms with Crippen molar-refractivity contribution < 1.29 is 9.90 Å². The number of benzene rings is 2. The minimum atomic E-state index is -0.0968. The van der Waals surface area contributed by atoms with Crippen molar-refractivity contribution in [2.45, 2.75) is 4.34 Å². The van der Waals surface area contributed by atoms with E-state index in [2.05, 4.69) is 15.5 Å². The zero-order valence-corrected chi connectivity index (χ0v) is 13.6. The largest absolute Gasteiger partial charge is 0.507 e. The van der Waals surface area contributed by atoms with Crippen molar-refractivity contribution in [2.75, 3.05) is 11.1 Å². The Morgan fingerprint density at radius 1 is 1.09 bits per heavy atom. The molecule has 1 amide bonds. The lowest BCUT2D eigenvalue weighted by molar-refractivity contribution is -0.113. The average molecular weight is 343 g/mol. The maximum Gasteiger partial charge on any atom is 0.234 e. The van der Waals surface area contributed by atoms with Gasteiger partial charge in [-0.15, -0.1) is 10.2 Å². The number of hydrogen-bond donors (Lipinski definition) is 2. The highest BCUT2D eigenvalue weighted by Gasteiger charge is 2.12. The summed E-state index contributed by atoms with van der Waals surface area (Å²) in [4.78, 5) is 11.9. The van der Waals surface area contributed by atoms with Crippen molar-refractivity contribution >= 4 is 34.7 Å². The summed E-state index contributed by atoms with van der Waals surface area (Å²) >= 11 is 2.67. The second-order valence-corrected chi connectivity index (χ2v) is 6.79. The maximum atomic E-state index is 11.9. The SMILES string of the molecule is O=C(CSc1nnc(-c2ccccc2O)s1)Nc1ccccc1. The minimum Gasteiger partial charge on any atom is -0.507 e. The number of aromatic nitrogens is 2. The van der Waals surface area contributed by atoms with Gasteiger partial charge in [0.25, 0.3) is 0 Å². The first-order valence-corrected chi connectivity index (χ1v) is 8.62. The number of nitrogens with zero attached hydrogens (tertiary/aromatic N) is 2. The molecule has 116 valence electrons. The summed E-state index contributed by atoms with van der Waals surface area (Å²) in [6.07, 6.45) is 0. The van der Waals surface area contributed by atoms with Crippen molar-refractivity contribution in [1.29, 1.82) is 0 Å². The van der Waals surface area contributed by atoms with Gasteiger partial charge < -0.3 is 10.4 Å². The molecule has 0 spiro atoms. The zero-order chi connectivity index (χ0) is 16.1. The van der Waals surface area contributed by atoms with Crippen molar-refractivity contribution in [1.82, 2.24) is 10.2 Å². The molecule has 0 bridgehead atoms. The van der Waals surface area contributed by atoms with Crippen LogP contribution in [0.4, 0.5) is 5.69 Å². The van der Waals surface area contributed by atoms with Gasteiger partial charge >= 0.3 is 0 Å². The Balaban J connectivity index is 1.59. The van der Waals surface area contributed by atoms with Gasteiger partial charge in [0.05, 0.1) is 11.3 Å². The Morgan fingerprint density at radius 3 is 2.61 bits per heavy atom. The maximum absolute atomic E-state index is 11.9. The van der Waals surface area contributed by atoms with E-state index in [0.717, 1.165) is 5.69 Å². The third-order valence-electron chi connectivity index (χ3n) is 2.93. The molecule has 7 heteroatoms. The number of rotatable bonds is 5. The second-order valence-electron chi connectivity index (χ2n) is 4.59. The molecule has 0 fully saturated rings. The Bertz CT molecular complexity index is 806. The highest BCUT2D eigenvalue weighted by molar-refractivity contribution is 8.01. The van der Waals surface area contributed by atoms with Crippen LogP contribution >= 0.6 is 23.1 Å². The van der Waals surface area contributed by atoms with Crippen molar-refractivity contribution in [3.63, 3.8) is 0 Å². The highest BCUT2D eigenvalue weighted by atomic mass is 32.2. The van der Waals surface area contributed by atoms with Crippen LogP contribution < -0.4 is 5.32 Å². The van der Waals surface area contributed by atoms with Crippen LogP contribution in [0.25, 0.3) is 10.6 Å². The van der Waals surface area contributed by atoms with Crippen LogP contribution in [0.15, 0.2) is 58.9 Å². The molecule has 1 heterocycles. The number of carbonyl (C=O) groups excluding carboxylic acids is 1. The van der Waals surface area contributed by atoms with E-state index >= 15 is 0 Å². The summed E-state index contributed by atoms with van der Waals surface area (Å²) in [5.74, 6) is 0.326. The minimum absolute atomic E-state index is 0.0968. The van der Waals surface area contributed by atoms with Gasteiger partial charge in [-0.3, -0.25) is 4.79 Å². The molecule has 5 nitrogen and oxygen atoms in total. The molecule has 3 aromatic rings. The molecule has 0 aliphatic rings. The first-order valence-electron chi connectivity index (χ1n) is 6.82. The standard InChI is InChI=1S/C16H13N3O2S2/c20-13-9-5-4-8-12(13)15-18-19-16(23-15)22-10-14(21)17-11-6-2-1-3-7-11/h1-9,20H,10H2,(H,17,21). The van der Waals surface area contributed by atoms with Crippen molar-refractivity contribution in [2.24, 2.45) is 0 Å². The van der Waals surface area contributed by atoms with E-state index in [1.165, 1.54) is 23.1 Å². The Morgan fingerprint density at radius 2 is 1.83 bits per heavy atom. The zero-order valence-electron chi connectivity index (χ0n) is 12.0. The predicted molar refractivity (Wildman–Crippen MR) is 92.8 cm³/mol. The van der Waals surface area contributed by atoms with Crippen LogP contribution in [-0.2, 0) is 4.79 Å². The van der Waals surface area contributed by atoms with E-state index in [9.17, 15) is 9.90 Å². The number of anilines is 1. The highest BCUT2D eigenvalue weighted by Crippen LogP contribution is 2.33. The number of hydrogen-bond acceptors (Lipinski definition) is 6. The summed E-state index contributed by atoms with van der Waals surface area (Å²) in [5, 5.41) is 21.4. The third kappa shape index (κ3) is 4.08. The van der Waals surface area contributed by atoms with Gasteiger partial charge in [-0.2, -0.15) is 0 Å². The molecule has 2 aromatic carbocycles. The molecular weight excluding hydrogens is 330 g/mol. The monoisotopic (exact) mass is 343 g/mol. The van der Waals surface area contributed by atoms with Gasteiger partial charge in [-0.05, 0) is 24.3 Å². The van der Waals surface area contributed by atoms with Gasteiger partial charge in [0.15, 0.2) is 9.35 Å². The summed E-state index contributed by atoms with van der Waals surface area (Å²) in [7, 11) is 0. The van der Waals surface area contributed by atoms with Crippen LogP contribution in [0.2, 0.25) is 0 Å². The van der Waals surface area contributed by atoms with Gasteiger partial charge in [0, 0.05) is 5.69 Å². The summed E-state index contributed by atoms with van der Waals surface area (Å²) in [6, 6.07) is 16.3. The van der Waals surface area contributed by atoms with E-state index in [-0.39, 0.29) is 17.4 Å². The number of amides is 1. The first kappa shape index (κ1) is 15.5. The third-order valence-corrected chi connectivity index (χ3v) is 5.02. The van der Waals surface area contributed by atoms with E-state index < -0.39 is 0 Å². The molecule has 0 radical (unpaired) electrons. The summed E-state index contributed by atoms with van der Waals surface area (Å²) in [6.45, 7) is 0. The molecule has 23 heavy (non-hydrogen) atoms. The van der Waals surface area contributed by atoms with Gasteiger partial charge in [0.2, 0.25) is 5.91 Å². The quantitative estimate of drug-likeness (QED) is 0.692. The smallest absolute Gasteiger partial charge is 0.234 e. The number of aromatic hydroxyl groups is 1. The van der Waals surface area contributed by atoms with Gasteiger partial charge in [-0.25, -0.2) is 0 Å². The molecule has 3 rings (SSSR count). The molecule has 0 atom stereocenters. The van der Waals surface area contributed by atoms with Crippen LogP contribution in [0.3, 0.4) is 0 Å². The van der Waals surface area contributed by atoms with Crippen molar-refractivity contribution in [3.8, 4) is 16.3 Å². The molecule has 2 N–H and O–H groups in total. The van der Waals surface area contributed by atoms with E-state index in [4.69, 9.17) is 0 Å². The van der Waals surface area contributed by atoms with Crippen molar-refractivity contribution in [3.05, 3.63) is 54.6 Å². The van der Waals surface area contributed by atoms with Gasteiger partial charge in [-0.1, -0.05) is 53.4 Å². The second kappa shape index (κ2) is 7.26. The molecule has 0 saturated heterocycles. The van der Waals surface area contributed by atoms with Crippen LogP contribution in [0, 0.1) is 0 Å². The number of carbonyl (C=O) groups is 1. The number of para-hydroxylation sites is 2. The molecule has 0 aliphatic heterocycles. The van der Waals surface area contributed by atoms with E-state index in [0.29, 0.717) is 14.9 Å². The fourth-order valence-electron chi connectivity index (χ4n) is 1.88. The van der Waals surface area contributed by atoms with Crippen LogP contribution in [-0.4, -0.2) is 27.0 Å². The molecular formula is C16H13N3O2S2. The fraction of sp³-hybridized carbons (Fsp3) is 0.0625. The number of thioether (sulfide) groups is 1. The van der Waals surface area contributed by atoms with Crippen LogP contribution in [0.1, 0.15) is 0 Å². The molecule has 0 saturated carbocycles. The number of phenolic OH excluding ortho intramolecular Hbond substituents is 1. The number of nitrogens with one attached hydrogen (secondary N) is 1. The Kier molecular flexibility index (Phi) is 4.89. The normalized spacial score (nSPS) is 10.4.